The lowest BCUT2D eigenvalue weighted by Gasteiger charge is -2.23. The zero-order valence-corrected chi connectivity index (χ0v) is 21.5. The van der Waals surface area contributed by atoms with E-state index in [2.05, 4.69) is 36.4 Å². The van der Waals surface area contributed by atoms with Crippen molar-refractivity contribution in [2.24, 2.45) is 0 Å². The molecule has 1 aliphatic heterocycles. The second kappa shape index (κ2) is 13.1. The van der Waals surface area contributed by atoms with E-state index in [0.29, 0.717) is 6.61 Å². The molecule has 1 saturated heterocycles. The summed E-state index contributed by atoms with van der Waals surface area (Å²) in [7, 11) is 5.07. The summed E-state index contributed by atoms with van der Waals surface area (Å²) in [4.78, 5) is 0. The van der Waals surface area contributed by atoms with Crippen LogP contribution in [0.25, 0.3) is 11.1 Å². The van der Waals surface area contributed by atoms with Crippen LogP contribution >= 0.6 is 0 Å². The zero-order valence-electron chi connectivity index (χ0n) is 21.5. The summed E-state index contributed by atoms with van der Waals surface area (Å²) in [5.74, 6) is 2.51. The van der Waals surface area contributed by atoms with Crippen molar-refractivity contribution in [2.45, 2.75) is 38.4 Å². The molecule has 0 bridgehead atoms. The van der Waals surface area contributed by atoms with Gasteiger partial charge in [0.05, 0.1) is 27.9 Å². The van der Waals surface area contributed by atoms with E-state index in [1.165, 1.54) is 17.6 Å². The summed E-state index contributed by atoms with van der Waals surface area (Å²) in [6.07, 6.45) is 4.93. The minimum atomic E-state index is -0.0742. The Hall–Kier alpha value is -3.28. The molecule has 1 fully saturated rings. The molecule has 1 aliphatic rings. The first-order valence-corrected chi connectivity index (χ1v) is 12.6. The Kier molecular flexibility index (Phi) is 9.42. The summed E-state index contributed by atoms with van der Waals surface area (Å²) in [5, 5.41) is 0. The fraction of sp³-hybridized carbons (Fsp3) is 0.355. The van der Waals surface area contributed by atoms with Crippen LogP contribution in [-0.2, 0) is 9.47 Å². The highest BCUT2D eigenvalue weighted by molar-refractivity contribution is 5.98. The van der Waals surface area contributed by atoms with E-state index in [1.54, 1.807) is 21.3 Å². The summed E-state index contributed by atoms with van der Waals surface area (Å²) < 4.78 is 28.1. The highest BCUT2D eigenvalue weighted by atomic mass is 16.7. The van der Waals surface area contributed by atoms with Crippen LogP contribution in [0.5, 0.6) is 17.2 Å². The van der Waals surface area contributed by atoms with Crippen LogP contribution in [0.3, 0.4) is 0 Å². The third-order valence-electron chi connectivity index (χ3n) is 6.51. The van der Waals surface area contributed by atoms with Crippen LogP contribution in [0.2, 0.25) is 0 Å². The number of hydrogen-bond donors (Lipinski definition) is 0. The maximum Gasteiger partial charge on any atom is 0.157 e. The van der Waals surface area contributed by atoms with Gasteiger partial charge in [-0.25, -0.2) is 0 Å². The molecule has 0 radical (unpaired) electrons. The van der Waals surface area contributed by atoms with E-state index in [-0.39, 0.29) is 6.29 Å². The third-order valence-corrected chi connectivity index (χ3v) is 6.51. The highest BCUT2D eigenvalue weighted by Crippen LogP contribution is 2.37. The standard InChI is InChI=1S/C31H36O5/c1-32-26-15-9-23(10-16-26)29(7-6-22-36-30-8-4-5-21-35-30)31(24-11-17-27(33-2)18-12-24)25-13-19-28(34-3)20-14-25/h9-20,30H,4-8,21-22H2,1-3H3. The van der Waals surface area contributed by atoms with Crippen LogP contribution in [0.1, 0.15) is 48.8 Å². The summed E-state index contributed by atoms with van der Waals surface area (Å²) in [6, 6.07) is 24.8. The van der Waals surface area contributed by atoms with E-state index in [1.807, 2.05) is 36.4 Å². The number of benzene rings is 3. The predicted molar refractivity (Wildman–Crippen MR) is 144 cm³/mol. The van der Waals surface area contributed by atoms with Crippen molar-refractivity contribution in [2.75, 3.05) is 34.5 Å². The smallest absolute Gasteiger partial charge is 0.157 e. The Morgan fingerprint density at radius 1 is 0.694 bits per heavy atom. The Morgan fingerprint density at radius 2 is 1.19 bits per heavy atom. The number of rotatable bonds is 11. The van der Waals surface area contributed by atoms with Gasteiger partial charge in [0, 0.05) is 6.61 Å². The molecular formula is C31H36O5. The molecule has 0 aromatic heterocycles. The van der Waals surface area contributed by atoms with Gasteiger partial charge in [-0.1, -0.05) is 36.4 Å². The lowest BCUT2D eigenvalue weighted by Crippen LogP contribution is -2.22. The van der Waals surface area contributed by atoms with Gasteiger partial charge >= 0.3 is 0 Å². The fourth-order valence-corrected chi connectivity index (χ4v) is 4.54. The van der Waals surface area contributed by atoms with Gasteiger partial charge in [-0.05, 0) is 96.3 Å². The predicted octanol–water partition coefficient (Wildman–Crippen LogP) is 6.99. The molecule has 1 heterocycles. The van der Waals surface area contributed by atoms with Crippen LogP contribution < -0.4 is 14.2 Å². The highest BCUT2D eigenvalue weighted by Gasteiger charge is 2.17. The number of methoxy groups -OCH3 is 3. The number of ether oxygens (including phenoxy) is 5. The van der Waals surface area contributed by atoms with Gasteiger partial charge in [-0.3, -0.25) is 0 Å². The fourth-order valence-electron chi connectivity index (χ4n) is 4.54. The number of allylic oxidation sites excluding steroid dienone is 1. The molecule has 1 atom stereocenters. The second-order valence-electron chi connectivity index (χ2n) is 8.81. The molecule has 1 unspecified atom stereocenters. The zero-order chi connectivity index (χ0) is 25.2. The Labute approximate surface area is 214 Å². The van der Waals surface area contributed by atoms with Gasteiger partial charge in [-0.15, -0.1) is 0 Å². The molecule has 3 aromatic carbocycles. The molecule has 5 heteroatoms. The molecule has 4 rings (SSSR count). The largest absolute Gasteiger partial charge is 0.497 e. The summed E-state index contributed by atoms with van der Waals surface area (Å²) in [5.41, 5.74) is 5.85. The molecule has 0 saturated carbocycles. The Morgan fingerprint density at radius 3 is 1.64 bits per heavy atom. The van der Waals surface area contributed by atoms with Crippen molar-refractivity contribution in [3.8, 4) is 17.2 Å². The van der Waals surface area contributed by atoms with Gasteiger partial charge < -0.3 is 23.7 Å². The topological polar surface area (TPSA) is 46.2 Å². The SMILES string of the molecule is COc1ccc(C(CCCOC2CCCCO2)=C(c2ccc(OC)cc2)c2ccc(OC)cc2)cc1. The van der Waals surface area contributed by atoms with Gasteiger partial charge in [0.1, 0.15) is 17.2 Å². The van der Waals surface area contributed by atoms with Crippen molar-refractivity contribution in [1.29, 1.82) is 0 Å². The van der Waals surface area contributed by atoms with Gasteiger partial charge in [0.2, 0.25) is 0 Å². The molecule has 0 N–H and O–H groups in total. The van der Waals surface area contributed by atoms with E-state index in [0.717, 1.165) is 66.2 Å². The maximum atomic E-state index is 6.06. The van der Waals surface area contributed by atoms with Crippen LogP contribution in [0, 0.1) is 0 Å². The average Bonchev–Trinajstić information content (AvgIpc) is 2.95. The Balaban J connectivity index is 1.72. The van der Waals surface area contributed by atoms with Gasteiger partial charge in [0.25, 0.3) is 0 Å². The van der Waals surface area contributed by atoms with Gasteiger partial charge in [-0.2, -0.15) is 0 Å². The van der Waals surface area contributed by atoms with Crippen molar-refractivity contribution < 1.29 is 23.7 Å². The molecule has 36 heavy (non-hydrogen) atoms. The van der Waals surface area contributed by atoms with Crippen LogP contribution in [0.15, 0.2) is 72.8 Å². The third kappa shape index (κ3) is 6.68. The quantitative estimate of drug-likeness (QED) is 0.215. The molecule has 0 spiro atoms. The molecule has 5 nitrogen and oxygen atoms in total. The van der Waals surface area contributed by atoms with Crippen molar-refractivity contribution >= 4 is 11.1 Å². The van der Waals surface area contributed by atoms with E-state index in [4.69, 9.17) is 23.7 Å². The molecule has 0 amide bonds. The van der Waals surface area contributed by atoms with Crippen LogP contribution in [-0.4, -0.2) is 40.8 Å². The minimum Gasteiger partial charge on any atom is -0.497 e. The molecule has 190 valence electrons. The summed E-state index contributed by atoms with van der Waals surface area (Å²) in [6.45, 7) is 1.45. The first-order valence-electron chi connectivity index (χ1n) is 12.6. The summed E-state index contributed by atoms with van der Waals surface area (Å²) >= 11 is 0. The second-order valence-corrected chi connectivity index (χ2v) is 8.81. The van der Waals surface area contributed by atoms with E-state index >= 15 is 0 Å². The molecular weight excluding hydrogens is 452 g/mol. The van der Waals surface area contributed by atoms with Crippen molar-refractivity contribution in [3.05, 3.63) is 89.5 Å². The first kappa shape index (κ1) is 25.8. The van der Waals surface area contributed by atoms with Crippen molar-refractivity contribution in [3.63, 3.8) is 0 Å². The average molecular weight is 489 g/mol. The maximum absolute atomic E-state index is 6.06. The minimum absolute atomic E-state index is 0.0742. The number of hydrogen-bond acceptors (Lipinski definition) is 5. The van der Waals surface area contributed by atoms with Gasteiger partial charge in [0.15, 0.2) is 6.29 Å². The Bertz CT molecular complexity index is 1050. The van der Waals surface area contributed by atoms with Crippen molar-refractivity contribution in [1.82, 2.24) is 0 Å². The van der Waals surface area contributed by atoms with E-state index < -0.39 is 0 Å². The lowest BCUT2D eigenvalue weighted by molar-refractivity contribution is -0.162. The molecule has 3 aromatic rings. The lowest BCUT2D eigenvalue weighted by atomic mass is 9.87. The first-order chi connectivity index (χ1) is 17.7. The molecule has 0 aliphatic carbocycles. The normalized spacial score (nSPS) is 15.2. The van der Waals surface area contributed by atoms with E-state index in [9.17, 15) is 0 Å². The monoisotopic (exact) mass is 488 g/mol. The van der Waals surface area contributed by atoms with Crippen LogP contribution in [0.4, 0.5) is 0 Å².